The van der Waals surface area contributed by atoms with E-state index in [2.05, 4.69) is 10.3 Å². The van der Waals surface area contributed by atoms with Gasteiger partial charge in [-0.2, -0.15) is 0 Å². The van der Waals surface area contributed by atoms with Crippen LogP contribution in [0.5, 0.6) is 0 Å². The fraction of sp³-hybridized carbons (Fsp3) is 0.400. The highest BCUT2D eigenvalue weighted by molar-refractivity contribution is 7.71. The van der Waals surface area contributed by atoms with Crippen LogP contribution >= 0.6 is 12.2 Å². The third-order valence-electron chi connectivity index (χ3n) is 4.16. The van der Waals surface area contributed by atoms with Crippen LogP contribution in [0.3, 0.4) is 0 Å². The molecule has 22 heavy (non-hydrogen) atoms. The van der Waals surface area contributed by atoms with E-state index in [1.807, 2.05) is 4.90 Å². The molecule has 7 heteroatoms. The quantitative estimate of drug-likeness (QED) is 0.849. The Kier molecular flexibility index (Phi) is 3.04. The van der Waals surface area contributed by atoms with Crippen molar-refractivity contribution in [1.29, 1.82) is 0 Å². The zero-order valence-corrected chi connectivity index (χ0v) is 12.6. The summed E-state index contributed by atoms with van der Waals surface area (Å²) in [7, 11) is 0. The molecule has 0 bridgehead atoms. The summed E-state index contributed by atoms with van der Waals surface area (Å²) in [6, 6.07) is 5.42. The van der Waals surface area contributed by atoms with E-state index in [0.29, 0.717) is 30.2 Å². The first kappa shape index (κ1) is 13.5. The number of likely N-dealkylation sites (tertiary alicyclic amines) is 1. The van der Waals surface area contributed by atoms with E-state index >= 15 is 0 Å². The summed E-state index contributed by atoms with van der Waals surface area (Å²) in [5.41, 5.74) is 1.82. The lowest BCUT2D eigenvalue weighted by Crippen LogP contribution is -2.37. The molecule has 2 N–H and O–H groups in total. The average molecular weight is 317 g/mol. The van der Waals surface area contributed by atoms with Crippen molar-refractivity contribution in [3.8, 4) is 0 Å². The fourth-order valence-corrected chi connectivity index (χ4v) is 3.12. The molecule has 0 spiro atoms. The van der Waals surface area contributed by atoms with Crippen molar-refractivity contribution in [2.24, 2.45) is 0 Å². The summed E-state index contributed by atoms with van der Waals surface area (Å²) >= 11 is 4.93. The number of fused-ring (bicyclic) bond motifs is 1. The van der Waals surface area contributed by atoms with Gasteiger partial charge in [-0.05, 0) is 43.3 Å². The van der Waals surface area contributed by atoms with E-state index in [1.54, 1.807) is 18.2 Å². The summed E-state index contributed by atoms with van der Waals surface area (Å²) in [6.45, 7) is 0.613. The number of aromatic amines is 1. The van der Waals surface area contributed by atoms with E-state index in [-0.39, 0.29) is 22.7 Å². The zero-order chi connectivity index (χ0) is 15.3. The van der Waals surface area contributed by atoms with Crippen LogP contribution < -0.4 is 5.32 Å². The predicted molar refractivity (Wildman–Crippen MR) is 82.0 cm³/mol. The van der Waals surface area contributed by atoms with Crippen molar-refractivity contribution in [2.75, 3.05) is 6.54 Å². The Morgan fingerprint density at radius 3 is 3.00 bits per heavy atom. The second kappa shape index (κ2) is 4.95. The molecule has 1 aliphatic heterocycles. The molecule has 1 aromatic carbocycles. The van der Waals surface area contributed by atoms with Crippen molar-refractivity contribution in [2.45, 2.75) is 31.3 Å². The number of benzene rings is 1. The Balaban J connectivity index is 1.48. The molecule has 2 aliphatic rings. The van der Waals surface area contributed by atoms with Gasteiger partial charge in [0.2, 0.25) is 5.91 Å². The van der Waals surface area contributed by atoms with Crippen molar-refractivity contribution in [3.63, 3.8) is 0 Å². The molecule has 1 aromatic heterocycles. The maximum absolute atomic E-state index is 12.3. The number of amides is 2. The minimum Gasteiger partial charge on any atom is -0.429 e. The van der Waals surface area contributed by atoms with E-state index < -0.39 is 0 Å². The second-order valence-corrected chi connectivity index (χ2v) is 6.25. The Hall–Kier alpha value is -2.15. The minimum atomic E-state index is -0.195. The van der Waals surface area contributed by atoms with Gasteiger partial charge in [0.15, 0.2) is 5.58 Å². The number of aromatic nitrogens is 1. The highest BCUT2D eigenvalue weighted by Gasteiger charge is 2.39. The summed E-state index contributed by atoms with van der Waals surface area (Å²) in [5.74, 6) is -0.0562. The number of nitrogens with one attached hydrogen (secondary N) is 2. The van der Waals surface area contributed by atoms with Crippen molar-refractivity contribution < 1.29 is 14.0 Å². The molecule has 1 saturated heterocycles. The smallest absolute Gasteiger partial charge is 0.266 e. The lowest BCUT2D eigenvalue weighted by atomic mass is 10.1. The fourth-order valence-electron chi connectivity index (χ4n) is 2.92. The number of hydrogen-bond acceptors (Lipinski definition) is 4. The summed E-state index contributed by atoms with van der Waals surface area (Å²) in [4.78, 5) is 29.3. The third-order valence-corrected chi connectivity index (χ3v) is 4.35. The molecule has 4 rings (SSSR count). The Morgan fingerprint density at radius 1 is 1.41 bits per heavy atom. The van der Waals surface area contributed by atoms with Crippen LogP contribution in [-0.2, 0) is 4.79 Å². The van der Waals surface area contributed by atoms with Gasteiger partial charge >= 0.3 is 0 Å². The Labute approximate surface area is 131 Å². The standard InChI is InChI=1S/C15H15N3O3S/c19-13-6-9(7-18(13)10-2-3-10)16-14(20)8-1-4-11-12(5-8)21-15(22)17-11/h1,4-5,9-10H,2-3,6-7H2,(H,16,20)(H,17,22)/t9-/m0/s1. The van der Waals surface area contributed by atoms with E-state index in [4.69, 9.17) is 16.6 Å². The highest BCUT2D eigenvalue weighted by atomic mass is 32.1. The molecule has 114 valence electrons. The molecule has 2 fully saturated rings. The van der Waals surface area contributed by atoms with Crippen LogP contribution in [-0.4, -0.2) is 40.3 Å². The molecular weight excluding hydrogens is 302 g/mol. The van der Waals surface area contributed by atoms with E-state index in [0.717, 1.165) is 18.4 Å². The average Bonchev–Trinajstić information content (AvgIpc) is 3.15. The van der Waals surface area contributed by atoms with Gasteiger partial charge < -0.3 is 19.6 Å². The number of rotatable bonds is 3. The van der Waals surface area contributed by atoms with Crippen LogP contribution in [0, 0.1) is 4.84 Å². The second-order valence-electron chi connectivity index (χ2n) is 5.88. The van der Waals surface area contributed by atoms with E-state index in [1.165, 1.54) is 0 Å². The third kappa shape index (κ3) is 2.41. The topological polar surface area (TPSA) is 78.3 Å². The number of H-pyrrole nitrogens is 1. The van der Waals surface area contributed by atoms with Crippen LogP contribution in [0.15, 0.2) is 22.6 Å². The zero-order valence-electron chi connectivity index (χ0n) is 11.8. The molecule has 2 amide bonds. The summed E-state index contributed by atoms with van der Waals surface area (Å²) < 4.78 is 5.32. The SMILES string of the molecule is O=C(N[C@H]1CC(=O)N(C2CC2)C1)c1ccc2[nH]c(=S)oc2c1. The largest absolute Gasteiger partial charge is 0.429 e. The van der Waals surface area contributed by atoms with Gasteiger partial charge in [0.1, 0.15) is 0 Å². The monoisotopic (exact) mass is 317 g/mol. The number of hydrogen-bond donors (Lipinski definition) is 2. The lowest BCUT2D eigenvalue weighted by molar-refractivity contribution is -0.128. The Morgan fingerprint density at radius 2 is 2.23 bits per heavy atom. The van der Waals surface area contributed by atoms with Crippen molar-refractivity contribution >= 4 is 35.1 Å². The number of carbonyl (C=O) groups is 2. The first-order valence-corrected chi connectivity index (χ1v) is 7.74. The number of carbonyl (C=O) groups excluding carboxylic acids is 2. The summed E-state index contributed by atoms with van der Waals surface area (Å²) in [6.07, 6.45) is 2.55. The van der Waals surface area contributed by atoms with Gasteiger partial charge in [0, 0.05) is 24.6 Å². The van der Waals surface area contributed by atoms with Crippen LogP contribution in [0.25, 0.3) is 11.1 Å². The maximum Gasteiger partial charge on any atom is 0.266 e. The minimum absolute atomic E-state index is 0.117. The molecule has 1 atom stereocenters. The van der Waals surface area contributed by atoms with Crippen LogP contribution in [0.1, 0.15) is 29.6 Å². The first-order valence-electron chi connectivity index (χ1n) is 7.33. The molecular formula is C15H15N3O3S. The molecule has 0 radical (unpaired) electrons. The molecule has 1 aliphatic carbocycles. The van der Waals surface area contributed by atoms with E-state index in [9.17, 15) is 9.59 Å². The van der Waals surface area contributed by atoms with Crippen LogP contribution in [0.2, 0.25) is 0 Å². The number of oxazole rings is 1. The molecule has 0 unspecified atom stereocenters. The number of nitrogens with zero attached hydrogens (tertiary/aromatic N) is 1. The molecule has 1 saturated carbocycles. The first-order chi connectivity index (χ1) is 10.6. The Bertz CT molecular complexity index is 821. The predicted octanol–water partition coefficient (Wildman–Crippen LogP) is 1.98. The summed E-state index contributed by atoms with van der Waals surface area (Å²) in [5, 5.41) is 2.93. The van der Waals surface area contributed by atoms with Gasteiger partial charge in [0.25, 0.3) is 10.7 Å². The van der Waals surface area contributed by atoms with Gasteiger partial charge in [0.05, 0.1) is 11.6 Å². The molecule has 6 nitrogen and oxygen atoms in total. The normalized spacial score (nSPS) is 21.5. The van der Waals surface area contributed by atoms with Gasteiger partial charge in [-0.15, -0.1) is 0 Å². The van der Waals surface area contributed by atoms with Gasteiger partial charge in [-0.25, -0.2) is 0 Å². The van der Waals surface area contributed by atoms with Crippen molar-refractivity contribution in [1.82, 2.24) is 15.2 Å². The van der Waals surface area contributed by atoms with Crippen LogP contribution in [0.4, 0.5) is 0 Å². The molecule has 2 heterocycles. The molecule has 2 aromatic rings. The van der Waals surface area contributed by atoms with Gasteiger partial charge in [-0.1, -0.05) is 0 Å². The lowest BCUT2D eigenvalue weighted by Gasteiger charge is -2.16. The van der Waals surface area contributed by atoms with Gasteiger partial charge in [-0.3, -0.25) is 9.59 Å². The maximum atomic E-state index is 12.3. The highest BCUT2D eigenvalue weighted by Crippen LogP contribution is 2.30. The van der Waals surface area contributed by atoms with Crippen molar-refractivity contribution in [3.05, 3.63) is 28.6 Å².